The van der Waals surface area contributed by atoms with Gasteiger partial charge in [-0.3, -0.25) is 14.6 Å². The van der Waals surface area contributed by atoms with Crippen molar-refractivity contribution >= 4 is 34.2 Å². The van der Waals surface area contributed by atoms with Crippen LogP contribution in [0.5, 0.6) is 5.75 Å². The number of halogens is 1. The molecule has 3 rings (SSSR count). The number of benzene rings is 1. The van der Waals surface area contributed by atoms with Crippen molar-refractivity contribution in [3.8, 4) is 5.75 Å². The summed E-state index contributed by atoms with van der Waals surface area (Å²) in [5, 5.41) is 13.4. The van der Waals surface area contributed by atoms with E-state index in [9.17, 15) is 9.90 Å². The Hall–Kier alpha value is -1.66. The highest BCUT2D eigenvalue weighted by Crippen LogP contribution is 2.45. The Kier molecular flexibility index (Phi) is 3.82. The van der Waals surface area contributed by atoms with Crippen LogP contribution in [0, 0.1) is 0 Å². The second-order valence-corrected chi connectivity index (χ2v) is 7.19. The van der Waals surface area contributed by atoms with E-state index in [0.29, 0.717) is 11.4 Å². The molecule has 0 spiro atoms. The molecule has 2 heterocycles. The van der Waals surface area contributed by atoms with E-state index in [1.165, 1.54) is 11.8 Å². The highest BCUT2D eigenvalue weighted by atomic mass is 35.5. The zero-order valence-electron chi connectivity index (χ0n) is 12.4. The van der Waals surface area contributed by atoms with Gasteiger partial charge in [0, 0.05) is 6.04 Å². The fourth-order valence-corrected chi connectivity index (χ4v) is 3.79. The maximum atomic E-state index is 12.4. The molecule has 0 saturated heterocycles. The predicted octanol–water partition coefficient (Wildman–Crippen LogP) is 4.00. The van der Waals surface area contributed by atoms with Gasteiger partial charge in [0.05, 0.1) is 20.9 Å². The Morgan fingerprint density at radius 1 is 1.45 bits per heavy atom. The maximum absolute atomic E-state index is 12.4. The summed E-state index contributed by atoms with van der Waals surface area (Å²) in [6.45, 7) is 5.91. The molecular weight excluding hydrogens is 322 g/mol. The first-order chi connectivity index (χ1) is 10.4. The third-order valence-electron chi connectivity index (χ3n) is 3.54. The number of aromatic hydroxyl groups is 1. The van der Waals surface area contributed by atoms with Gasteiger partial charge in [0.1, 0.15) is 5.75 Å². The number of phenols is 1. The second-order valence-electron chi connectivity index (χ2n) is 5.48. The topological polar surface area (TPSA) is 70.4 Å². The lowest BCUT2D eigenvalue weighted by Crippen LogP contribution is -2.13. The SMILES string of the molecule is CC1=Nc2c(c(=O)[nH]n2C(C)C)[C@H](c2ccc(O)c(Cl)c2)S1. The predicted molar refractivity (Wildman–Crippen MR) is 90.8 cm³/mol. The van der Waals surface area contributed by atoms with E-state index in [-0.39, 0.29) is 27.6 Å². The van der Waals surface area contributed by atoms with E-state index in [1.807, 2.05) is 20.8 Å². The number of hydrogen-bond donors (Lipinski definition) is 2. The van der Waals surface area contributed by atoms with Crippen molar-refractivity contribution in [3.63, 3.8) is 0 Å². The number of aliphatic imine (C=N–C) groups is 1. The summed E-state index contributed by atoms with van der Waals surface area (Å²) in [4.78, 5) is 16.9. The van der Waals surface area contributed by atoms with Crippen molar-refractivity contribution in [3.05, 3.63) is 44.7 Å². The number of rotatable bonds is 2. The summed E-state index contributed by atoms with van der Waals surface area (Å²) in [6.07, 6.45) is 0. The van der Waals surface area contributed by atoms with Crippen molar-refractivity contribution in [2.24, 2.45) is 4.99 Å². The van der Waals surface area contributed by atoms with E-state index in [0.717, 1.165) is 10.6 Å². The number of aromatic amines is 1. The van der Waals surface area contributed by atoms with E-state index in [2.05, 4.69) is 10.1 Å². The fraction of sp³-hybridized carbons (Fsp3) is 0.333. The number of fused-ring (bicyclic) bond motifs is 1. The molecule has 0 amide bonds. The van der Waals surface area contributed by atoms with Gasteiger partial charge in [0.2, 0.25) is 0 Å². The number of phenolic OH excluding ortho intramolecular Hbond substituents is 1. The maximum Gasteiger partial charge on any atom is 0.271 e. The monoisotopic (exact) mass is 337 g/mol. The largest absolute Gasteiger partial charge is 0.506 e. The molecule has 0 unspecified atom stereocenters. The second kappa shape index (κ2) is 5.52. The molecule has 0 bridgehead atoms. The average Bonchev–Trinajstić information content (AvgIpc) is 2.78. The fourth-order valence-electron chi connectivity index (χ4n) is 2.50. The van der Waals surface area contributed by atoms with Crippen LogP contribution in [0.25, 0.3) is 0 Å². The summed E-state index contributed by atoms with van der Waals surface area (Å²) in [5.74, 6) is 0.705. The molecule has 1 atom stereocenters. The standard InChI is InChI=1S/C15H16ClN3O2S/c1-7(2)19-14-12(15(21)18-19)13(22-8(3)17-14)9-4-5-11(20)10(16)6-9/h4-7,13,20H,1-3H3,(H,18,21)/t13-/m0/s1. The van der Waals surface area contributed by atoms with Crippen LogP contribution in [-0.4, -0.2) is 19.9 Å². The number of nitrogens with zero attached hydrogens (tertiary/aromatic N) is 2. The summed E-state index contributed by atoms with van der Waals surface area (Å²) >= 11 is 7.52. The normalized spacial score (nSPS) is 17.5. The Morgan fingerprint density at radius 2 is 2.18 bits per heavy atom. The van der Waals surface area contributed by atoms with E-state index in [1.54, 1.807) is 22.9 Å². The van der Waals surface area contributed by atoms with Gasteiger partial charge in [-0.15, -0.1) is 0 Å². The molecule has 2 N–H and O–H groups in total. The van der Waals surface area contributed by atoms with Gasteiger partial charge < -0.3 is 5.11 Å². The molecular formula is C15H16ClN3O2S. The molecule has 7 heteroatoms. The Labute approximate surface area is 137 Å². The van der Waals surface area contributed by atoms with Crippen molar-refractivity contribution < 1.29 is 5.11 Å². The van der Waals surface area contributed by atoms with Crippen LogP contribution in [0.4, 0.5) is 5.82 Å². The average molecular weight is 338 g/mol. The summed E-state index contributed by atoms with van der Waals surface area (Å²) < 4.78 is 1.79. The van der Waals surface area contributed by atoms with Crippen molar-refractivity contribution in [1.82, 2.24) is 9.78 Å². The molecule has 1 aliphatic rings. The van der Waals surface area contributed by atoms with E-state index < -0.39 is 0 Å². The van der Waals surface area contributed by atoms with Gasteiger partial charge in [0.25, 0.3) is 5.56 Å². The molecule has 116 valence electrons. The van der Waals surface area contributed by atoms with Crippen molar-refractivity contribution in [2.45, 2.75) is 32.1 Å². The zero-order chi connectivity index (χ0) is 16.0. The zero-order valence-corrected chi connectivity index (χ0v) is 14.0. The minimum absolute atomic E-state index is 0.0329. The first kappa shape index (κ1) is 15.2. The van der Waals surface area contributed by atoms with Crippen LogP contribution in [-0.2, 0) is 0 Å². The highest BCUT2D eigenvalue weighted by molar-refractivity contribution is 8.14. The van der Waals surface area contributed by atoms with Crippen LogP contribution in [0.2, 0.25) is 5.02 Å². The van der Waals surface area contributed by atoms with Gasteiger partial charge >= 0.3 is 0 Å². The van der Waals surface area contributed by atoms with E-state index in [4.69, 9.17) is 11.6 Å². The molecule has 0 radical (unpaired) electrons. The Morgan fingerprint density at radius 3 is 2.82 bits per heavy atom. The van der Waals surface area contributed by atoms with Gasteiger partial charge in [-0.05, 0) is 38.5 Å². The Bertz CT molecular complexity index is 823. The highest BCUT2D eigenvalue weighted by Gasteiger charge is 2.30. The van der Waals surface area contributed by atoms with Crippen LogP contribution < -0.4 is 5.56 Å². The third-order valence-corrected chi connectivity index (χ3v) is 5.02. The molecule has 1 aliphatic heterocycles. The van der Waals surface area contributed by atoms with E-state index >= 15 is 0 Å². The lowest BCUT2D eigenvalue weighted by atomic mass is 10.1. The third kappa shape index (κ3) is 2.46. The molecule has 22 heavy (non-hydrogen) atoms. The first-order valence-electron chi connectivity index (χ1n) is 6.93. The molecule has 1 aromatic carbocycles. The summed E-state index contributed by atoms with van der Waals surface area (Å²) in [7, 11) is 0. The van der Waals surface area contributed by atoms with Crippen LogP contribution in [0.15, 0.2) is 28.0 Å². The molecule has 0 fully saturated rings. The number of nitrogens with one attached hydrogen (secondary N) is 1. The van der Waals surface area contributed by atoms with Crippen LogP contribution in [0.3, 0.4) is 0 Å². The molecule has 0 saturated carbocycles. The number of thioether (sulfide) groups is 1. The molecule has 1 aromatic heterocycles. The summed E-state index contributed by atoms with van der Waals surface area (Å²) in [5.41, 5.74) is 1.36. The number of aromatic nitrogens is 2. The van der Waals surface area contributed by atoms with Crippen LogP contribution >= 0.6 is 23.4 Å². The lowest BCUT2D eigenvalue weighted by molar-refractivity contribution is 0.475. The summed E-state index contributed by atoms with van der Waals surface area (Å²) in [6, 6.07) is 5.14. The minimum atomic E-state index is -0.186. The Balaban J connectivity index is 2.19. The first-order valence-corrected chi connectivity index (χ1v) is 8.19. The molecule has 0 aliphatic carbocycles. The van der Waals surface area contributed by atoms with Gasteiger partial charge in [-0.1, -0.05) is 29.4 Å². The molecule has 2 aromatic rings. The van der Waals surface area contributed by atoms with Gasteiger partial charge in [-0.2, -0.15) is 0 Å². The van der Waals surface area contributed by atoms with Crippen LogP contribution in [0.1, 0.15) is 43.2 Å². The van der Waals surface area contributed by atoms with Crippen molar-refractivity contribution in [1.29, 1.82) is 0 Å². The quantitative estimate of drug-likeness (QED) is 0.870. The smallest absolute Gasteiger partial charge is 0.271 e. The van der Waals surface area contributed by atoms with Gasteiger partial charge in [-0.25, -0.2) is 4.99 Å². The minimum Gasteiger partial charge on any atom is -0.506 e. The number of hydrogen-bond acceptors (Lipinski definition) is 4. The van der Waals surface area contributed by atoms with Crippen molar-refractivity contribution in [2.75, 3.05) is 0 Å². The van der Waals surface area contributed by atoms with Gasteiger partial charge in [0.15, 0.2) is 5.82 Å². The lowest BCUT2D eigenvalue weighted by Gasteiger charge is -2.21. The molecule has 5 nitrogen and oxygen atoms in total. The number of H-pyrrole nitrogens is 1.